The van der Waals surface area contributed by atoms with Crippen molar-refractivity contribution in [2.45, 2.75) is 26.8 Å². The molecule has 6 heteroatoms. The molecule has 1 atom stereocenters. The topological polar surface area (TPSA) is 58.4 Å². The maximum atomic E-state index is 11.4. The zero-order valence-electron chi connectivity index (χ0n) is 13.3. The zero-order chi connectivity index (χ0) is 16.6. The summed E-state index contributed by atoms with van der Waals surface area (Å²) in [6.45, 7) is 5.97. The number of likely N-dealkylation sites (tertiary alicyclic amines) is 1. The van der Waals surface area contributed by atoms with Gasteiger partial charge >= 0.3 is 5.97 Å². The Hall–Kier alpha value is -1.66. The van der Waals surface area contributed by atoms with Crippen molar-refractivity contribution in [1.29, 1.82) is 0 Å². The average molecular weight is 378 g/mol. The van der Waals surface area contributed by atoms with Crippen LogP contribution in [0.3, 0.4) is 0 Å². The van der Waals surface area contributed by atoms with Crippen LogP contribution in [0.5, 0.6) is 0 Å². The van der Waals surface area contributed by atoms with Crippen LogP contribution in [0, 0.1) is 12.3 Å². The van der Waals surface area contributed by atoms with E-state index < -0.39 is 11.4 Å². The summed E-state index contributed by atoms with van der Waals surface area (Å²) in [7, 11) is 0. The van der Waals surface area contributed by atoms with Gasteiger partial charge in [-0.05, 0) is 51.1 Å². The Morgan fingerprint density at radius 2 is 2.09 bits per heavy atom. The predicted molar refractivity (Wildman–Crippen MR) is 91.6 cm³/mol. The number of aromatic nitrogens is 2. The lowest BCUT2D eigenvalue weighted by molar-refractivity contribution is -0.147. The number of nitrogens with zero attached hydrogens (tertiary/aromatic N) is 3. The third-order valence-corrected chi connectivity index (χ3v) is 5.08. The normalized spacial score (nSPS) is 21.7. The van der Waals surface area contributed by atoms with Gasteiger partial charge < -0.3 is 5.11 Å². The highest BCUT2D eigenvalue weighted by molar-refractivity contribution is 9.10. The molecule has 23 heavy (non-hydrogen) atoms. The molecule has 1 aromatic carbocycles. The van der Waals surface area contributed by atoms with Crippen LogP contribution >= 0.6 is 15.9 Å². The summed E-state index contributed by atoms with van der Waals surface area (Å²) >= 11 is 3.43. The molecule has 1 aliphatic heterocycles. The fraction of sp³-hybridized carbons (Fsp3) is 0.412. The smallest absolute Gasteiger partial charge is 0.310 e. The number of hydrogen-bond donors (Lipinski definition) is 1. The molecule has 5 nitrogen and oxygen atoms in total. The molecule has 122 valence electrons. The summed E-state index contributed by atoms with van der Waals surface area (Å²) in [5, 5.41) is 13.9. The van der Waals surface area contributed by atoms with Crippen LogP contribution < -0.4 is 0 Å². The van der Waals surface area contributed by atoms with Crippen LogP contribution in [-0.2, 0) is 11.3 Å². The van der Waals surface area contributed by atoms with E-state index in [1.165, 1.54) is 0 Å². The third kappa shape index (κ3) is 3.33. The Bertz CT molecular complexity index is 726. The second-order valence-corrected chi connectivity index (χ2v) is 7.40. The Morgan fingerprint density at radius 1 is 1.39 bits per heavy atom. The van der Waals surface area contributed by atoms with Crippen LogP contribution in [0.1, 0.15) is 24.6 Å². The maximum absolute atomic E-state index is 11.4. The summed E-state index contributed by atoms with van der Waals surface area (Å²) in [5.74, 6) is -0.706. The summed E-state index contributed by atoms with van der Waals surface area (Å²) in [5.41, 5.74) is 2.51. The number of halogens is 1. The van der Waals surface area contributed by atoms with Gasteiger partial charge in [-0.15, -0.1) is 0 Å². The van der Waals surface area contributed by atoms with E-state index in [2.05, 4.69) is 25.9 Å². The first-order chi connectivity index (χ1) is 10.9. The Morgan fingerprint density at radius 3 is 2.70 bits per heavy atom. The molecule has 0 spiro atoms. The van der Waals surface area contributed by atoms with Gasteiger partial charge in [-0.1, -0.05) is 15.9 Å². The number of aryl methyl sites for hydroxylation is 1. The van der Waals surface area contributed by atoms with E-state index in [1.54, 1.807) is 0 Å². The molecule has 0 radical (unpaired) electrons. The van der Waals surface area contributed by atoms with Crippen molar-refractivity contribution in [1.82, 2.24) is 14.7 Å². The van der Waals surface area contributed by atoms with Crippen molar-refractivity contribution >= 4 is 21.9 Å². The number of carboxylic acid groups (broad SMARTS) is 1. The number of carboxylic acids is 1. The molecular weight excluding hydrogens is 358 g/mol. The zero-order valence-corrected chi connectivity index (χ0v) is 14.9. The molecule has 1 aliphatic rings. The second-order valence-electron chi connectivity index (χ2n) is 6.49. The fourth-order valence-corrected chi connectivity index (χ4v) is 3.25. The quantitative estimate of drug-likeness (QED) is 0.888. The van der Waals surface area contributed by atoms with Crippen LogP contribution in [0.15, 0.2) is 34.9 Å². The van der Waals surface area contributed by atoms with Gasteiger partial charge in [-0.2, -0.15) is 5.10 Å². The van der Waals surface area contributed by atoms with Gasteiger partial charge in [0.05, 0.1) is 16.8 Å². The Kier molecular flexibility index (Phi) is 4.29. The van der Waals surface area contributed by atoms with Crippen molar-refractivity contribution in [2.24, 2.45) is 5.41 Å². The van der Waals surface area contributed by atoms with Crippen molar-refractivity contribution in [3.05, 3.63) is 46.2 Å². The molecule has 0 amide bonds. The molecule has 2 aromatic rings. The highest BCUT2D eigenvalue weighted by atomic mass is 79.9. The first-order valence-electron chi connectivity index (χ1n) is 7.64. The molecule has 1 N–H and O–H groups in total. The SMILES string of the molecule is Cc1nn(-c2ccc(Br)cc2)cc1CN1CCC(C)(C(=O)O)C1. The van der Waals surface area contributed by atoms with Gasteiger partial charge in [-0.25, -0.2) is 4.68 Å². The number of aliphatic carboxylic acids is 1. The van der Waals surface area contributed by atoms with E-state index in [4.69, 9.17) is 0 Å². The number of rotatable bonds is 4. The van der Waals surface area contributed by atoms with Gasteiger partial charge in [0.25, 0.3) is 0 Å². The monoisotopic (exact) mass is 377 g/mol. The number of benzene rings is 1. The minimum atomic E-state index is -0.706. The number of carbonyl (C=O) groups is 1. The minimum absolute atomic E-state index is 0.589. The first-order valence-corrected chi connectivity index (χ1v) is 8.43. The van der Waals surface area contributed by atoms with E-state index in [0.29, 0.717) is 13.0 Å². The van der Waals surface area contributed by atoms with Crippen molar-refractivity contribution in [3.63, 3.8) is 0 Å². The lowest BCUT2D eigenvalue weighted by Crippen LogP contribution is -2.31. The predicted octanol–water partition coefficient (Wildman–Crippen LogP) is 3.24. The lowest BCUT2D eigenvalue weighted by atomic mass is 9.90. The summed E-state index contributed by atoms with van der Waals surface area (Å²) in [4.78, 5) is 13.6. The summed E-state index contributed by atoms with van der Waals surface area (Å²) in [6.07, 6.45) is 2.73. The van der Waals surface area contributed by atoms with Gasteiger partial charge in [0, 0.05) is 29.3 Å². The van der Waals surface area contributed by atoms with Gasteiger partial charge in [0.15, 0.2) is 0 Å². The molecule has 0 saturated carbocycles. The Balaban J connectivity index is 1.75. The average Bonchev–Trinajstić information content (AvgIpc) is 3.05. The lowest BCUT2D eigenvalue weighted by Gasteiger charge is -2.19. The molecule has 1 fully saturated rings. The van der Waals surface area contributed by atoms with E-state index in [0.717, 1.165) is 34.5 Å². The molecule has 0 aliphatic carbocycles. The highest BCUT2D eigenvalue weighted by Gasteiger charge is 2.40. The highest BCUT2D eigenvalue weighted by Crippen LogP contribution is 2.31. The molecule has 3 rings (SSSR count). The Labute approximate surface area is 144 Å². The van der Waals surface area contributed by atoms with E-state index in [1.807, 2.05) is 49.0 Å². The summed E-state index contributed by atoms with van der Waals surface area (Å²) in [6, 6.07) is 8.00. The van der Waals surface area contributed by atoms with Crippen LogP contribution in [0.2, 0.25) is 0 Å². The molecule has 2 heterocycles. The minimum Gasteiger partial charge on any atom is -0.481 e. The summed E-state index contributed by atoms with van der Waals surface area (Å²) < 4.78 is 2.92. The molecule has 1 aromatic heterocycles. The van der Waals surface area contributed by atoms with E-state index in [9.17, 15) is 9.90 Å². The first kappa shape index (κ1) is 16.2. The maximum Gasteiger partial charge on any atom is 0.310 e. The van der Waals surface area contributed by atoms with Crippen molar-refractivity contribution in [2.75, 3.05) is 13.1 Å². The largest absolute Gasteiger partial charge is 0.481 e. The van der Waals surface area contributed by atoms with Crippen molar-refractivity contribution in [3.8, 4) is 5.69 Å². The number of hydrogen-bond acceptors (Lipinski definition) is 3. The van der Waals surface area contributed by atoms with Crippen molar-refractivity contribution < 1.29 is 9.90 Å². The standard InChI is InChI=1S/C17H20BrN3O2/c1-12-13(9-20-8-7-17(2,11-20)16(22)23)10-21(19-12)15-5-3-14(18)4-6-15/h3-6,10H,7-9,11H2,1-2H3,(H,22,23). The van der Waals surface area contributed by atoms with Crippen LogP contribution in [0.25, 0.3) is 5.69 Å². The van der Waals surface area contributed by atoms with Gasteiger partial charge in [0.1, 0.15) is 0 Å². The third-order valence-electron chi connectivity index (χ3n) is 4.55. The molecular formula is C17H20BrN3O2. The van der Waals surface area contributed by atoms with E-state index in [-0.39, 0.29) is 0 Å². The van der Waals surface area contributed by atoms with Gasteiger partial charge in [-0.3, -0.25) is 9.69 Å². The molecule has 1 unspecified atom stereocenters. The molecule has 0 bridgehead atoms. The molecule has 1 saturated heterocycles. The van der Waals surface area contributed by atoms with Crippen LogP contribution in [0.4, 0.5) is 0 Å². The van der Waals surface area contributed by atoms with E-state index >= 15 is 0 Å². The second kappa shape index (κ2) is 6.09. The van der Waals surface area contributed by atoms with Crippen LogP contribution in [-0.4, -0.2) is 38.8 Å². The fourth-order valence-electron chi connectivity index (χ4n) is 2.98. The van der Waals surface area contributed by atoms with Gasteiger partial charge in [0.2, 0.25) is 0 Å².